The number of halogens is 3. The van der Waals surface area contributed by atoms with Gasteiger partial charge in [-0.1, -0.05) is 42.5 Å². The standard InChI is InChI=1S/C25H18F3NO5/c26-25(27,28)17-8-6-15(7-9-17)13-29-23(32)14-33-18-10-19(30)24-20(31)12-21(34-22(24)11-18)16-4-2-1-3-5-16/h1-12,30H,13-14H2,(H,29,32). The van der Waals surface area contributed by atoms with E-state index in [-0.39, 0.29) is 29.0 Å². The van der Waals surface area contributed by atoms with E-state index >= 15 is 0 Å². The largest absolute Gasteiger partial charge is 0.507 e. The van der Waals surface area contributed by atoms with E-state index in [1.807, 2.05) is 6.07 Å². The lowest BCUT2D eigenvalue weighted by Gasteiger charge is -2.10. The number of ether oxygens (including phenoxy) is 1. The van der Waals surface area contributed by atoms with Crippen LogP contribution in [-0.4, -0.2) is 17.6 Å². The summed E-state index contributed by atoms with van der Waals surface area (Å²) in [5.41, 5.74) is 0.0453. The van der Waals surface area contributed by atoms with Crippen LogP contribution >= 0.6 is 0 Å². The van der Waals surface area contributed by atoms with E-state index in [1.54, 1.807) is 24.3 Å². The molecular formula is C25H18F3NO5. The number of amides is 1. The predicted molar refractivity (Wildman–Crippen MR) is 118 cm³/mol. The second-order valence-electron chi connectivity index (χ2n) is 7.42. The van der Waals surface area contributed by atoms with Gasteiger partial charge in [0.2, 0.25) is 0 Å². The highest BCUT2D eigenvalue weighted by molar-refractivity contribution is 5.86. The minimum atomic E-state index is -4.43. The number of nitrogens with one attached hydrogen (secondary N) is 1. The van der Waals surface area contributed by atoms with E-state index in [1.165, 1.54) is 30.3 Å². The fourth-order valence-electron chi connectivity index (χ4n) is 3.28. The molecule has 4 rings (SSSR count). The maximum atomic E-state index is 12.6. The van der Waals surface area contributed by atoms with Gasteiger partial charge < -0.3 is 19.6 Å². The topological polar surface area (TPSA) is 88.8 Å². The summed E-state index contributed by atoms with van der Waals surface area (Å²) in [4.78, 5) is 24.6. The van der Waals surface area contributed by atoms with Crippen LogP contribution in [0.2, 0.25) is 0 Å². The first-order valence-electron chi connectivity index (χ1n) is 10.1. The Kier molecular flexibility index (Phi) is 6.27. The Bertz CT molecular complexity index is 1380. The third-order valence-electron chi connectivity index (χ3n) is 4.98. The molecule has 0 saturated heterocycles. The molecule has 0 fully saturated rings. The normalized spacial score (nSPS) is 11.4. The lowest BCUT2D eigenvalue weighted by molar-refractivity contribution is -0.137. The number of benzene rings is 3. The number of phenols is 1. The van der Waals surface area contributed by atoms with Crippen molar-refractivity contribution in [2.75, 3.05) is 6.61 Å². The third kappa shape index (κ3) is 5.20. The van der Waals surface area contributed by atoms with E-state index in [0.29, 0.717) is 16.9 Å². The van der Waals surface area contributed by atoms with Gasteiger partial charge in [-0.25, -0.2) is 0 Å². The van der Waals surface area contributed by atoms with Crippen LogP contribution in [0, 0.1) is 0 Å². The summed E-state index contributed by atoms with van der Waals surface area (Å²) in [6.45, 7) is -0.410. The molecule has 0 aliphatic heterocycles. The number of fused-ring (bicyclic) bond motifs is 1. The SMILES string of the molecule is O=C(COc1cc(O)c2c(=O)cc(-c3ccccc3)oc2c1)NCc1ccc(C(F)(F)F)cc1. The molecule has 0 unspecified atom stereocenters. The van der Waals surface area contributed by atoms with Crippen LogP contribution in [0.5, 0.6) is 11.5 Å². The van der Waals surface area contributed by atoms with Crippen molar-refractivity contribution in [3.8, 4) is 22.8 Å². The molecule has 0 radical (unpaired) electrons. The fourth-order valence-corrected chi connectivity index (χ4v) is 3.28. The molecule has 34 heavy (non-hydrogen) atoms. The minimum Gasteiger partial charge on any atom is -0.507 e. The molecule has 174 valence electrons. The van der Waals surface area contributed by atoms with Crippen LogP contribution in [0.15, 0.2) is 82.0 Å². The molecule has 1 amide bonds. The Morgan fingerprint density at radius 1 is 1.00 bits per heavy atom. The average molecular weight is 469 g/mol. The van der Waals surface area contributed by atoms with Crippen LogP contribution in [0.4, 0.5) is 13.2 Å². The quantitative estimate of drug-likeness (QED) is 0.420. The Morgan fingerprint density at radius 2 is 1.71 bits per heavy atom. The Hall–Kier alpha value is -4.27. The van der Waals surface area contributed by atoms with Gasteiger partial charge in [0.15, 0.2) is 12.0 Å². The van der Waals surface area contributed by atoms with Gasteiger partial charge in [0.1, 0.15) is 28.2 Å². The molecule has 0 saturated carbocycles. The van der Waals surface area contributed by atoms with E-state index in [9.17, 15) is 27.9 Å². The molecule has 0 spiro atoms. The minimum absolute atomic E-state index is 0.0125. The summed E-state index contributed by atoms with van der Waals surface area (Å²) in [7, 11) is 0. The van der Waals surface area contributed by atoms with Crippen molar-refractivity contribution in [3.63, 3.8) is 0 Å². The molecular weight excluding hydrogens is 451 g/mol. The van der Waals surface area contributed by atoms with Gasteiger partial charge in [0.25, 0.3) is 5.91 Å². The third-order valence-corrected chi connectivity index (χ3v) is 4.98. The first kappa shape index (κ1) is 22.9. The summed E-state index contributed by atoms with van der Waals surface area (Å²) < 4.78 is 49.1. The highest BCUT2D eigenvalue weighted by Crippen LogP contribution is 2.31. The van der Waals surface area contributed by atoms with Crippen molar-refractivity contribution in [2.24, 2.45) is 0 Å². The van der Waals surface area contributed by atoms with Crippen molar-refractivity contribution in [1.82, 2.24) is 5.32 Å². The molecule has 6 nitrogen and oxygen atoms in total. The Labute approximate surface area is 191 Å². The second kappa shape index (κ2) is 9.30. The van der Waals surface area contributed by atoms with Crippen LogP contribution in [0.3, 0.4) is 0 Å². The fraction of sp³-hybridized carbons (Fsp3) is 0.120. The molecule has 0 aliphatic rings. The number of carbonyl (C=O) groups is 1. The number of rotatable bonds is 6. The summed E-state index contributed by atoms with van der Waals surface area (Å²) in [5, 5.41) is 12.8. The van der Waals surface area contributed by atoms with Gasteiger partial charge in [0.05, 0.1) is 5.56 Å². The zero-order valence-corrected chi connectivity index (χ0v) is 17.6. The highest BCUT2D eigenvalue weighted by atomic mass is 19.4. The van der Waals surface area contributed by atoms with Crippen molar-refractivity contribution in [3.05, 3.63) is 94.1 Å². The summed E-state index contributed by atoms with van der Waals surface area (Å²) in [6, 6.07) is 17.2. The van der Waals surface area contributed by atoms with Gasteiger partial charge in [-0.05, 0) is 17.7 Å². The molecule has 1 heterocycles. The van der Waals surface area contributed by atoms with Crippen LogP contribution in [-0.2, 0) is 17.5 Å². The van der Waals surface area contributed by atoms with Gasteiger partial charge >= 0.3 is 6.18 Å². The molecule has 4 aromatic rings. The van der Waals surface area contributed by atoms with Crippen molar-refractivity contribution >= 4 is 16.9 Å². The van der Waals surface area contributed by atoms with Crippen LogP contribution in [0.1, 0.15) is 11.1 Å². The highest BCUT2D eigenvalue weighted by Gasteiger charge is 2.29. The lowest BCUT2D eigenvalue weighted by Crippen LogP contribution is -2.28. The maximum Gasteiger partial charge on any atom is 0.416 e. The van der Waals surface area contributed by atoms with Crippen molar-refractivity contribution in [1.29, 1.82) is 0 Å². The number of phenolic OH excluding ortho intramolecular Hbond substituents is 1. The zero-order chi connectivity index (χ0) is 24.3. The maximum absolute atomic E-state index is 12.6. The number of aromatic hydroxyl groups is 1. The van der Waals surface area contributed by atoms with E-state index in [2.05, 4.69) is 5.32 Å². The number of alkyl halides is 3. The van der Waals surface area contributed by atoms with Gasteiger partial charge in [-0.3, -0.25) is 9.59 Å². The number of carbonyl (C=O) groups excluding carboxylic acids is 1. The zero-order valence-electron chi connectivity index (χ0n) is 17.6. The van der Waals surface area contributed by atoms with Crippen molar-refractivity contribution in [2.45, 2.75) is 12.7 Å². The Morgan fingerprint density at radius 3 is 2.38 bits per heavy atom. The van der Waals surface area contributed by atoms with Gasteiger partial charge in [0, 0.05) is 30.3 Å². The summed E-state index contributed by atoms with van der Waals surface area (Å²) >= 11 is 0. The Balaban J connectivity index is 1.43. The summed E-state index contributed by atoms with van der Waals surface area (Å²) in [6.07, 6.45) is -4.43. The van der Waals surface area contributed by atoms with Gasteiger partial charge in [-0.2, -0.15) is 13.2 Å². The second-order valence-corrected chi connectivity index (χ2v) is 7.42. The molecule has 9 heteroatoms. The van der Waals surface area contributed by atoms with E-state index in [0.717, 1.165) is 12.1 Å². The predicted octanol–water partition coefficient (Wildman–Crippen LogP) is 4.88. The number of hydrogen-bond acceptors (Lipinski definition) is 5. The molecule has 3 aromatic carbocycles. The first-order chi connectivity index (χ1) is 16.2. The monoisotopic (exact) mass is 469 g/mol. The molecule has 2 N–H and O–H groups in total. The van der Waals surface area contributed by atoms with E-state index in [4.69, 9.17) is 9.15 Å². The first-order valence-corrected chi connectivity index (χ1v) is 10.1. The summed E-state index contributed by atoms with van der Waals surface area (Å²) in [5.74, 6) is -0.475. The molecule has 0 aliphatic carbocycles. The van der Waals surface area contributed by atoms with Crippen LogP contribution in [0.25, 0.3) is 22.3 Å². The lowest BCUT2D eigenvalue weighted by atomic mass is 10.1. The average Bonchev–Trinajstić information content (AvgIpc) is 2.81. The van der Waals surface area contributed by atoms with Gasteiger partial charge in [-0.15, -0.1) is 0 Å². The molecule has 1 aromatic heterocycles. The molecule has 0 bridgehead atoms. The van der Waals surface area contributed by atoms with Crippen LogP contribution < -0.4 is 15.5 Å². The smallest absolute Gasteiger partial charge is 0.416 e. The van der Waals surface area contributed by atoms with E-state index < -0.39 is 29.7 Å². The number of hydrogen-bond donors (Lipinski definition) is 2. The van der Waals surface area contributed by atoms with Crippen molar-refractivity contribution < 1.29 is 32.2 Å². The molecule has 0 atom stereocenters.